The summed E-state index contributed by atoms with van der Waals surface area (Å²) in [4.78, 5) is 7.06. The van der Waals surface area contributed by atoms with Crippen molar-refractivity contribution in [1.29, 1.82) is 0 Å². The molecule has 24 heavy (non-hydrogen) atoms. The third-order valence-electron chi connectivity index (χ3n) is 4.82. The standard InChI is InChI=1S/C20H22N2O2/c1-14-19(12-22(2)18-9-10-23-13-18)21-20(24-14)17-8-7-15-5-3-4-6-16(15)11-17/h3-8,11,18H,9-10,12-13H2,1-2H3/t18-/m0/s1. The van der Waals surface area contributed by atoms with Gasteiger partial charge in [-0.3, -0.25) is 4.90 Å². The molecule has 4 rings (SSSR count). The van der Waals surface area contributed by atoms with Crippen molar-refractivity contribution in [2.45, 2.75) is 25.9 Å². The first-order chi connectivity index (χ1) is 11.7. The lowest BCUT2D eigenvalue weighted by Gasteiger charge is -2.21. The van der Waals surface area contributed by atoms with Crippen LogP contribution < -0.4 is 0 Å². The fourth-order valence-electron chi connectivity index (χ4n) is 3.26. The van der Waals surface area contributed by atoms with E-state index < -0.39 is 0 Å². The average Bonchev–Trinajstić information content (AvgIpc) is 3.25. The highest BCUT2D eigenvalue weighted by Crippen LogP contribution is 2.26. The first kappa shape index (κ1) is 15.4. The van der Waals surface area contributed by atoms with Crippen molar-refractivity contribution >= 4 is 10.8 Å². The Hall–Kier alpha value is -2.17. The predicted octanol–water partition coefficient (Wildman–Crippen LogP) is 4.02. The predicted molar refractivity (Wildman–Crippen MR) is 94.9 cm³/mol. The van der Waals surface area contributed by atoms with Gasteiger partial charge in [0.25, 0.3) is 0 Å². The summed E-state index contributed by atoms with van der Waals surface area (Å²) in [5, 5.41) is 2.43. The summed E-state index contributed by atoms with van der Waals surface area (Å²) in [6.07, 6.45) is 1.09. The number of benzene rings is 2. The summed E-state index contributed by atoms with van der Waals surface area (Å²) in [7, 11) is 2.13. The van der Waals surface area contributed by atoms with Gasteiger partial charge in [-0.2, -0.15) is 0 Å². The van der Waals surface area contributed by atoms with Gasteiger partial charge < -0.3 is 9.15 Å². The van der Waals surface area contributed by atoms with E-state index in [4.69, 9.17) is 14.1 Å². The maximum absolute atomic E-state index is 5.94. The van der Waals surface area contributed by atoms with Gasteiger partial charge in [0.2, 0.25) is 5.89 Å². The molecule has 0 aliphatic carbocycles. The molecule has 0 radical (unpaired) electrons. The third-order valence-corrected chi connectivity index (χ3v) is 4.82. The lowest BCUT2D eigenvalue weighted by Crippen LogP contribution is -2.31. The molecule has 0 spiro atoms. The Morgan fingerprint density at radius 1 is 1.17 bits per heavy atom. The van der Waals surface area contributed by atoms with Crippen molar-refractivity contribution in [2.75, 3.05) is 20.3 Å². The summed E-state index contributed by atoms with van der Waals surface area (Å²) in [6.45, 7) is 4.45. The Kier molecular flexibility index (Phi) is 4.08. The maximum atomic E-state index is 5.94. The summed E-state index contributed by atoms with van der Waals surface area (Å²) in [5.74, 6) is 1.59. The molecule has 1 aromatic heterocycles. The van der Waals surface area contributed by atoms with Crippen LogP contribution in [0.15, 0.2) is 46.9 Å². The van der Waals surface area contributed by atoms with Crippen LogP contribution in [0.4, 0.5) is 0 Å². The van der Waals surface area contributed by atoms with Gasteiger partial charge in [0, 0.05) is 24.8 Å². The van der Waals surface area contributed by atoms with Crippen LogP contribution in [0.2, 0.25) is 0 Å². The zero-order chi connectivity index (χ0) is 16.5. The normalized spacial score (nSPS) is 17.9. The van der Waals surface area contributed by atoms with Crippen molar-refractivity contribution in [3.8, 4) is 11.5 Å². The van der Waals surface area contributed by atoms with Gasteiger partial charge in [0.05, 0.1) is 12.3 Å². The maximum Gasteiger partial charge on any atom is 0.226 e. The molecule has 1 saturated heterocycles. The number of likely N-dealkylation sites (N-methyl/N-ethyl adjacent to an activating group) is 1. The summed E-state index contributed by atoms with van der Waals surface area (Å²) < 4.78 is 11.4. The van der Waals surface area contributed by atoms with E-state index in [1.807, 2.05) is 6.92 Å². The topological polar surface area (TPSA) is 38.5 Å². The number of hydrogen-bond donors (Lipinski definition) is 0. The molecule has 1 atom stereocenters. The van der Waals surface area contributed by atoms with Crippen LogP contribution in [-0.4, -0.2) is 36.2 Å². The lowest BCUT2D eigenvalue weighted by molar-refractivity contribution is 0.155. The number of aryl methyl sites for hydroxylation is 1. The van der Waals surface area contributed by atoms with Crippen LogP contribution in [0.1, 0.15) is 17.9 Å². The van der Waals surface area contributed by atoms with E-state index in [0.717, 1.165) is 43.2 Å². The van der Waals surface area contributed by atoms with Crippen LogP contribution in [0.5, 0.6) is 0 Å². The first-order valence-corrected chi connectivity index (χ1v) is 8.44. The fraction of sp³-hybridized carbons (Fsp3) is 0.350. The van der Waals surface area contributed by atoms with Gasteiger partial charge in [0.15, 0.2) is 0 Å². The molecule has 1 fully saturated rings. The van der Waals surface area contributed by atoms with E-state index in [-0.39, 0.29) is 0 Å². The van der Waals surface area contributed by atoms with Gasteiger partial charge in [-0.25, -0.2) is 4.98 Å². The second kappa shape index (κ2) is 6.38. The van der Waals surface area contributed by atoms with E-state index in [9.17, 15) is 0 Å². The Morgan fingerprint density at radius 3 is 2.79 bits per heavy atom. The third kappa shape index (κ3) is 2.95. The van der Waals surface area contributed by atoms with E-state index in [2.05, 4.69) is 54.4 Å². The molecule has 3 aromatic rings. The Morgan fingerprint density at radius 2 is 2.00 bits per heavy atom. The van der Waals surface area contributed by atoms with Gasteiger partial charge >= 0.3 is 0 Å². The lowest BCUT2D eigenvalue weighted by atomic mass is 10.1. The van der Waals surface area contributed by atoms with Crippen molar-refractivity contribution in [1.82, 2.24) is 9.88 Å². The molecular formula is C20H22N2O2. The molecule has 4 heteroatoms. The van der Waals surface area contributed by atoms with Crippen molar-refractivity contribution in [2.24, 2.45) is 0 Å². The van der Waals surface area contributed by atoms with Gasteiger partial charge in [-0.1, -0.05) is 30.3 Å². The summed E-state index contributed by atoms with van der Waals surface area (Å²) in [5.41, 5.74) is 2.03. The van der Waals surface area contributed by atoms with Crippen LogP contribution in [0, 0.1) is 6.92 Å². The van der Waals surface area contributed by atoms with E-state index in [0.29, 0.717) is 11.9 Å². The number of rotatable bonds is 4. The highest BCUT2D eigenvalue weighted by Gasteiger charge is 2.22. The van der Waals surface area contributed by atoms with Gasteiger partial charge in [-0.15, -0.1) is 0 Å². The Bertz CT molecular complexity index is 850. The molecule has 0 unspecified atom stereocenters. The highest BCUT2D eigenvalue weighted by atomic mass is 16.5. The monoisotopic (exact) mass is 322 g/mol. The molecule has 0 N–H and O–H groups in total. The van der Waals surface area contributed by atoms with Crippen molar-refractivity contribution in [3.63, 3.8) is 0 Å². The molecular weight excluding hydrogens is 300 g/mol. The molecule has 124 valence electrons. The SMILES string of the molecule is Cc1oc(-c2ccc3ccccc3c2)nc1CN(C)[C@H]1CCOC1. The largest absolute Gasteiger partial charge is 0.441 e. The van der Waals surface area contributed by atoms with E-state index in [1.165, 1.54) is 10.8 Å². The van der Waals surface area contributed by atoms with E-state index in [1.54, 1.807) is 0 Å². The Labute approximate surface area is 142 Å². The van der Waals surface area contributed by atoms with Crippen molar-refractivity contribution in [3.05, 3.63) is 53.9 Å². The van der Waals surface area contributed by atoms with Crippen LogP contribution in [-0.2, 0) is 11.3 Å². The van der Waals surface area contributed by atoms with Crippen LogP contribution in [0.3, 0.4) is 0 Å². The zero-order valence-electron chi connectivity index (χ0n) is 14.2. The minimum atomic E-state index is 0.477. The van der Waals surface area contributed by atoms with Crippen LogP contribution >= 0.6 is 0 Å². The highest BCUT2D eigenvalue weighted by molar-refractivity contribution is 5.86. The van der Waals surface area contributed by atoms with E-state index >= 15 is 0 Å². The number of nitrogens with zero attached hydrogens (tertiary/aromatic N) is 2. The number of hydrogen-bond acceptors (Lipinski definition) is 4. The summed E-state index contributed by atoms with van der Waals surface area (Å²) in [6, 6.07) is 15.1. The quantitative estimate of drug-likeness (QED) is 0.727. The number of ether oxygens (including phenoxy) is 1. The number of oxazole rings is 1. The molecule has 0 amide bonds. The minimum Gasteiger partial charge on any atom is -0.441 e. The molecule has 1 aliphatic rings. The summed E-state index contributed by atoms with van der Waals surface area (Å²) >= 11 is 0. The fourth-order valence-corrected chi connectivity index (χ4v) is 3.26. The molecule has 2 heterocycles. The van der Waals surface area contributed by atoms with Crippen molar-refractivity contribution < 1.29 is 9.15 Å². The van der Waals surface area contributed by atoms with Gasteiger partial charge in [-0.05, 0) is 43.3 Å². The zero-order valence-corrected chi connectivity index (χ0v) is 14.2. The number of fused-ring (bicyclic) bond motifs is 1. The average molecular weight is 322 g/mol. The second-order valence-corrected chi connectivity index (χ2v) is 6.52. The smallest absolute Gasteiger partial charge is 0.226 e. The molecule has 4 nitrogen and oxygen atoms in total. The van der Waals surface area contributed by atoms with Crippen LogP contribution in [0.25, 0.3) is 22.2 Å². The molecule has 0 saturated carbocycles. The molecule has 2 aromatic carbocycles. The minimum absolute atomic E-state index is 0.477. The second-order valence-electron chi connectivity index (χ2n) is 6.52. The Balaban J connectivity index is 1.59. The first-order valence-electron chi connectivity index (χ1n) is 8.44. The number of aromatic nitrogens is 1. The molecule has 1 aliphatic heterocycles. The molecule has 0 bridgehead atoms. The van der Waals surface area contributed by atoms with Gasteiger partial charge in [0.1, 0.15) is 5.76 Å².